The van der Waals surface area contributed by atoms with E-state index in [1.165, 1.54) is 12.0 Å². The molecule has 20 heavy (non-hydrogen) atoms. The van der Waals surface area contributed by atoms with E-state index in [9.17, 15) is 5.11 Å². The molecule has 2 N–H and O–H groups in total. The minimum Gasteiger partial charge on any atom is -0.389 e. The van der Waals surface area contributed by atoms with Crippen molar-refractivity contribution in [3.8, 4) is 0 Å². The number of nitrogens with zero attached hydrogens (tertiary/aromatic N) is 2. The molecule has 1 aliphatic carbocycles. The van der Waals surface area contributed by atoms with E-state index < -0.39 is 5.60 Å². The van der Waals surface area contributed by atoms with Gasteiger partial charge in [-0.25, -0.2) is 4.52 Å². The van der Waals surface area contributed by atoms with Crippen LogP contribution in [0.1, 0.15) is 38.2 Å². The zero-order chi connectivity index (χ0) is 14.0. The average molecular weight is 273 g/mol. The second-order valence-corrected chi connectivity index (χ2v) is 6.23. The lowest BCUT2D eigenvalue weighted by Gasteiger charge is -2.35. The molecule has 1 fully saturated rings. The molecule has 0 radical (unpaired) electrons. The van der Waals surface area contributed by atoms with E-state index in [-0.39, 0.29) is 0 Å². The summed E-state index contributed by atoms with van der Waals surface area (Å²) in [5.41, 5.74) is 1.78. The van der Waals surface area contributed by atoms with Crippen LogP contribution in [0.5, 0.6) is 0 Å². The maximum atomic E-state index is 10.6. The van der Waals surface area contributed by atoms with Crippen LogP contribution < -0.4 is 5.32 Å². The average Bonchev–Trinajstić information content (AvgIpc) is 2.82. The Labute approximate surface area is 119 Å². The van der Waals surface area contributed by atoms with Crippen molar-refractivity contribution in [1.29, 1.82) is 0 Å². The minimum atomic E-state index is -0.527. The highest BCUT2D eigenvalue weighted by Gasteiger charge is 2.32. The molecule has 2 aromatic heterocycles. The van der Waals surface area contributed by atoms with Crippen molar-refractivity contribution in [2.24, 2.45) is 5.92 Å². The van der Waals surface area contributed by atoms with Crippen molar-refractivity contribution in [3.63, 3.8) is 0 Å². The molecule has 108 valence electrons. The van der Waals surface area contributed by atoms with Gasteiger partial charge in [0, 0.05) is 24.8 Å². The number of aromatic nitrogens is 2. The zero-order valence-corrected chi connectivity index (χ0v) is 12.0. The Morgan fingerprint density at radius 1 is 1.50 bits per heavy atom. The second-order valence-electron chi connectivity index (χ2n) is 6.23. The molecular weight excluding hydrogens is 250 g/mol. The molecule has 0 spiro atoms. The Bertz CT molecular complexity index is 580. The molecule has 4 heteroatoms. The van der Waals surface area contributed by atoms with Gasteiger partial charge in [0.1, 0.15) is 0 Å². The molecule has 0 aliphatic heterocycles. The van der Waals surface area contributed by atoms with Crippen LogP contribution in [-0.4, -0.2) is 26.9 Å². The number of aliphatic hydroxyl groups is 1. The summed E-state index contributed by atoms with van der Waals surface area (Å²) in [7, 11) is 0. The van der Waals surface area contributed by atoms with Gasteiger partial charge in [-0.05, 0) is 30.9 Å². The topological polar surface area (TPSA) is 49.6 Å². The Kier molecular flexibility index (Phi) is 3.76. The molecule has 3 rings (SSSR count). The van der Waals surface area contributed by atoms with Crippen LogP contribution in [0, 0.1) is 5.92 Å². The first-order chi connectivity index (χ1) is 9.66. The van der Waals surface area contributed by atoms with Crippen LogP contribution in [0.25, 0.3) is 5.52 Å². The fourth-order valence-electron chi connectivity index (χ4n) is 3.35. The normalized spacial score (nSPS) is 27.0. The molecule has 2 aromatic rings. The first-order valence-corrected chi connectivity index (χ1v) is 7.51. The van der Waals surface area contributed by atoms with E-state index >= 15 is 0 Å². The second kappa shape index (κ2) is 5.54. The van der Waals surface area contributed by atoms with Crippen molar-refractivity contribution < 1.29 is 5.11 Å². The van der Waals surface area contributed by atoms with E-state index in [4.69, 9.17) is 0 Å². The molecule has 0 bridgehead atoms. The third-order valence-corrected chi connectivity index (χ3v) is 4.34. The summed E-state index contributed by atoms with van der Waals surface area (Å²) in [5.74, 6) is 0.632. The Hall–Kier alpha value is -1.39. The minimum absolute atomic E-state index is 0.527. The van der Waals surface area contributed by atoms with Crippen molar-refractivity contribution in [2.45, 2.75) is 44.8 Å². The van der Waals surface area contributed by atoms with Gasteiger partial charge >= 0.3 is 0 Å². The molecule has 0 aromatic carbocycles. The number of nitrogens with one attached hydrogen (secondary N) is 1. The van der Waals surface area contributed by atoms with Crippen LogP contribution in [0.3, 0.4) is 0 Å². The smallest absolute Gasteiger partial charge is 0.0774 e. The number of hydrogen-bond donors (Lipinski definition) is 2. The first kappa shape index (κ1) is 13.6. The van der Waals surface area contributed by atoms with Gasteiger partial charge < -0.3 is 10.4 Å². The molecule has 2 atom stereocenters. The van der Waals surface area contributed by atoms with Gasteiger partial charge in [-0.2, -0.15) is 5.10 Å². The number of hydrogen-bond acceptors (Lipinski definition) is 3. The molecule has 4 nitrogen and oxygen atoms in total. The third kappa shape index (κ3) is 2.86. The molecule has 1 aliphatic rings. The Morgan fingerprint density at radius 2 is 2.40 bits per heavy atom. The fourth-order valence-corrected chi connectivity index (χ4v) is 3.35. The summed E-state index contributed by atoms with van der Waals surface area (Å²) < 4.78 is 1.88. The van der Waals surface area contributed by atoms with Crippen LogP contribution in [0.15, 0.2) is 30.6 Å². The van der Waals surface area contributed by atoms with Crippen molar-refractivity contribution in [3.05, 3.63) is 36.2 Å². The molecule has 2 heterocycles. The summed E-state index contributed by atoms with van der Waals surface area (Å²) in [6.45, 7) is 3.65. The van der Waals surface area contributed by atoms with Gasteiger partial charge in [0.25, 0.3) is 0 Å². The van der Waals surface area contributed by atoms with Gasteiger partial charge in [0.15, 0.2) is 0 Å². The summed E-state index contributed by atoms with van der Waals surface area (Å²) in [6.07, 6.45) is 8.06. The number of pyridine rings is 1. The quantitative estimate of drug-likeness (QED) is 0.899. The van der Waals surface area contributed by atoms with E-state index in [2.05, 4.69) is 23.4 Å². The summed E-state index contributed by atoms with van der Waals surface area (Å²) in [6, 6.07) is 6.07. The standard InChI is InChI=1S/C16H23N3O/c1-13-5-4-7-16(20,9-13)12-17-10-14-11-18-19-8-3-2-6-15(14)19/h2-3,6,8,11,13,17,20H,4-5,7,9-10,12H2,1H3. The lowest BCUT2D eigenvalue weighted by Crippen LogP contribution is -2.43. The predicted octanol–water partition coefficient (Wildman–Crippen LogP) is 2.37. The molecule has 0 amide bonds. The predicted molar refractivity (Wildman–Crippen MR) is 79.5 cm³/mol. The highest BCUT2D eigenvalue weighted by molar-refractivity contribution is 5.53. The third-order valence-electron chi connectivity index (χ3n) is 4.34. The summed E-state index contributed by atoms with van der Waals surface area (Å²) in [5, 5.41) is 18.3. The van der Waals surface area contributed by atoms with Crippen molar-refractivity contribution in [1.82, 2.24) is 14.9 Å². The first-order valence-electron chi connectivity index (χ1n) is 7.51. The summed E-state index contributed by atoms with van der Waals surface area (Å²) >= 11 is 0. The van der Waals surface area contributed by atoms with Gasteiger partial charge in [-0.3, -0.25) is 0 Å². The zero-order valence-electron chi connectivity index (χ0n) is 12.0. The van der Waals surface area contributed by atoms with Gasteiger partial charge in [-0.1, -0.05) is 25.8 Å². The van der Waals surface area contributed by atoms with Gasteiger partial charge in [0.05, 0.1) is 17.3 Å². The molecule has 2 unspecified atom stereocenters. The number of rotatable bonds is 4. The highest BCUT2D eigenvalue weighted by atomic mass is 16.3. The van der Waals surface area contributed by atoms with Gasteiger partial charge in [0.2, 0.25) is 0 Å². The lowest BCUT2D eigenvalue weighted by molar-refractivity contribution is -0.0119. The van der Waals surface area contributed by atoms with E-state index in [1.54, 1.807) is 0 Å². The Morgan fingerprint density at radius 3 is 3.25 bits per heavy atom. The fraction of sp³-hybridized carbons (Fsp3) is 0.562. The maximum Gasteiger partial charge on any atom is 0.0774 e. The van der Waals surface area contributed by atoms with Crippen molar-refractivity contribution >= 4 is 5.52 Å². The van der Waals surface area contributed by atoms with Gasteiger partial charge in [-0.15, -0.1) is 0 Å². The van der Waals surface area contributed by atoms with Crippen LogP contribution in [-0.2, 0) is 6.54 Å². The van der Waals surface area contributed by atoms with Crippen molar-refractivity contribution in [2.75, 3.05) is 6.54 Å². The molecule has 0 saturated heterocycles. The van der Waals surface area contributed by atoms with E-state index in [1.807, 2.05) is 29.0 Å². The highest BCUT2D eigenvalue weighted by Crippen LogP contribution is 2.31. The van der Waals surface area contributed by atoms with Crippen LogP contribution in [0.2, 0.25) is 0 Å². The summed E-state index contributed by atoms with van der Waals surface area (Å²) in [4.78, 5) is 0. The SMILES string of the molecule is CC1CCCC(O)(CNCc2cnn3ccccc23)C1. The lowest BCUT2D eigenvalue weighted by atomic mass is 9.79. The van der Waals surface area contributed by atoms with E-state index in [0.29, 0.717) is 12.5 Å². The van der Waals surface area contributed by atoms with Crippen LogP contribution in [0.4, 0.5) is 0 Å². The Balaban J connectivity index is 1.60. The van der Waals surface area contributed by atoms with Crippen LogP contribution >= 0.6 is 0 Å². The molecule has 1 saturated carbocycles. The molecular formula is C16H23N3O. The monoisotopic (exact) mass is 273 g/mol. The van der Waals surface area contributed by atoms with E-state index in [0.717, 1.165) is 31.3 Å². The largest absolute Gasteiger partial charge is 0.389 e. The maximum absolute atomic E-state index is 10.6. The number of fused-ring (bicyclic) bond motifs is 1.